The van der Waals surface area contributed by atoms with Crippen molar-refractivity contribution in [3.05, 3.63) is 59.4 Å². The fraction of sp³-hybridized carbons (Fsp3) is 0.150. The first-order valence-electron chi connectivity index (χ1n) is 8.28. The average molecular weight is 422 g/mol. The third kappa shape index (κ3) is 5.31. The maximum Gasteiger partial charge on any atom is 0.375 e. The van der Waals surface area contributed by atoms with E-state index in [0.29, 0.717) is 0 Å². The number of carbonyl (C=O) groups is 3. The van der Waals surface area contributed by atoms with Crippen LogP contribution in [0.4, 0.5) is 8.78 Å². The predicted molar refractivity (Wildman–Crippen MR) is 98.7 cm³/mol. The Morgan fingerprint density at radius 1 is 1.07 bits per heavy atom. The molecule has 0 spiro atoms. The van der Waals surface area contributed by atoms with Gasteiger partial charge in [-0.15, -0.1) is 0 Å². The number of esters is 1. The third-order valence-electron chi connectivity index (χ3n) is 3.58. The minimum absolute atomic E-state index is 0.132. The number of carboxylic acids is 1. The molecule has 0 saturated heterocycles. The molecule has 0 unspecified atom stereocenters. The van der Waals surface area contributed by atoms with Gasteiger partial charge in [-0.1, -0.05) is 0 Å². The molecule has 0 amide bonds. The van der Waals surface area contributed by atoms with Gasteiger partial charge in [0.1, 0.15) is 35.1 Å². The van der Waals surface area contributed by atoms with Gasteiger partial charge >= 0.3 is 11.9 Å². The van der Waals surface area contributed by atoms with E-state index in [-0.39, 0.29) is 40.4 Å². The van der Waals surface area contributed by atoms with Crippen molar-refractivity contribution in [2.45, 2.75) is 6.92 Å². The average Bonchev–Trinajstić information content (AvgIpc) is 3.06. The molecule has 1 aromatic heterocycles. The number of phenols is 1. The second kappa shape index (κ2) is 9.50. The summed E-state index contributed by atoms with van der Waals surface area (Å²) >= 11 is 0. The maximum absolute atomic E-state index is 13.1. The number of hydrogen-bond acceptors (Lipinski definition) is 7. The van der Waals surface area contributed by atoms with Gasteiger partial charge in [0.15, 0.2) is 11.5 Å². The highest BCUT2D eigenvalue weighted by atomic mass is 19.1. The van der Waals surface area contributed by atoms with Crippen LogP contribution >= 0.6 is 0 Å². The van der Waals surface area contributed by atoms with Crippen molar-refractivity contribution in [1.82, 2.24) is 0 Å². The number of carboxylic acid groups (broad SMARTS) is 1. The van der Waals surface area contributed by atoms with Crippen LogP contribution in [0.5, 0.6) is 11.5 Å². The molecule has 0 aliphatic carbocycles. The van der Waals surface area contributed by atoms with Crippen LogP contribution < -0.4 is 4.74 Å². The van der Waals surface area contributed by atoms with E-state index in [2.05, 4.69) is 4.74 Å². The van der Waals surface area contributed by atoms with E-state index in [4.69, 9.17) is 19.4 Å². The van der Waals surface area contributed by atoms with Crippen molar-refractivity contribution in [1.29, 1.82) is 0 Å². The van der Waals surface area contributed by atoms with Crippen LogP contribution in [0.25, 0.3) is 11.0 Å². The van der Waals surface area contributed by atoms with Gasteiger partial charge in [0.25, 0.3) is 5.76 Å². The van der Waals surface area contributed by atoms with E-state index < -0.39 is 29.3 Å². The number of aromatic hydroxyl groups is 1. The van der Waals surface area contributed by atoms with Crippen molar-refractivity contribution in [3.63, 3.8) is 0 Å². The molecule has 0 bridgehead atoms. The van der Waals surface area contributed by atoms with Crippen molar-refractivity contribution >= 4 is 28.7 Å². The number of furan rings is 1. The number of methoxy groups -OCH3 is 1. The lowest BCUT2D eigenvalue weighted by atomic mass is 10.2. The monoisotopic (exact) mass is 422 g/mol. The zero-order chi connectivity index (χ0) is 22.4. The Balaban J connectivity index is 0.000000232. The fourth-order valence-corrected chi connectivity index (χ4v) is 2.29. The lowest BCUT2D eigenvalue weighted by Gasteiger charge is -2.02. The van der Waals surface area contributed by atoms with Gasteiger partial charge in [-0.3, -0.25) is 4.79 Å². The molecule has 1 heterocycles. The minimum Gasteiger partial charge on any atom is -0.507 e. The van der Waals surface area contributed by atoms with E-state index in [1.807, 2.05) is 0 Å². The Bertz CT molecular complexity index is 1100. The van der Waals surface area contributed by atoms with Crippen molar-refractivity contribution in [2.24, 2.45) is 0 Å². The van der Waals surface area contributed by atoms with Crippen LogP contribution in [0.1, 0.15) is 27.8 Å². The highest BCUT2D eigenvalue weighted by molar-refractivity contribution is 5.98. The first kappa shape index (κ1) is 22.3. The molecule has 0 aliphatic heterocycles. The highest BCUT2D eigenvalue weighted by Crippen LogP contribution is 2.33. The van der Waals surface area contributed by atoms with E-state index in [1.165, 1.54) is 13.0 Å². The van der Waals surface area contributed by atoms with Gasteiger partial charge in [-0.05, 0) is 43.3 Å². The molecule has 2 N–H and O–H groups in total. The number of ketones is 1. The Hall–Kier alpha value is -3.95. The van der Waals surface area contributed by atoms with Gasteiger partial charge < -0.3 is 24.1 Å². The summed E-state index contributed by atoms with van der Waals surface area (Å²) in [5.74, 6) is -4.39. The van der Waals surface area contributed by atoms with Crippen LogP contribution in [-0.2, 0) is 9.53 Å². The summed E-state index contributed by atoms with van der Waals surface area (Å²) in [5, 5.41) is 18.2. The number of halogens is 2. The Kier molecular flexibility index (Phi) is 7.08. The minimum atomic E-state index is -1.34. The zero-order valence-electron chi connectivity index (χ0n) is 15.8. The Morgan fingerprint density at radius 2 is 1.70 bits per heavy atom. The smallest absolute Gasteiger partial charge is 0.375 e. The lowest BCUT2D eigenvalue weighted by Crippen LogP contribution is -2.08. The SMILES string of the molecule is CC(=O)COc1c(C(=O)O)oc2ccc(F)cc12.COC(=O)c1cc(F)ccc1O. The van der Waals surface area contributed by atoms with Crippen LogP contribution in [0.2, 0.25) is 0 Å². The van der Waals surface area contributed by atoms with Crippen LogP contribution in [0.15, 0.2) is 40.8 Å². The molecule has 0 atom stereocenters. The Morgan fingerprint density at radius 3 is 2.30 bits per heavy atom. The molecule has 30 heavy (non-hydrogen) atoms. The number of Topliss-reactive ketones (excluding diaryl/α,β-unsaturated/α-hetero) is 1. The van der Waals surface area contributed by atoms with Crippen LogP contribution in [0, 0.1) is 11.6 Å². The quantitative estimate of drug-likeness (QED) is 0.599. The number of carbonyl (C=O) groups excluding carboxylic acids is 2. The zero-order valence-corrected chi connectivity index (χ0v) is 15.8. The second-order valence-electron chi connectivity index (χ2n) is 5.85. The normalized spacial score (nSPS) is 10.1. The molecular weight excluding hydrogens is 406 g/mol. The number of rotatable bonds is 5. The van der Waals surface area contributed by atoms with Crippen molar-refractivity contribution < 1.29 is 47.3 Å². The van der Waals surface area contributed by atoms with Crippen LogP contribution in [0.3, 0.4) is 0 Å². The lowest BCUT2D eigenvalue weighted by molar-refractivity contribution is -0.118. The maximum atomic E-state index is 13.1. The van der Waals surface area contributed by atoms with Gasteiger partial charge in [0.05, 0.1) is 12.5 Å². The number of aromatic carboxylic acids is 1. The van der Waals surface area contributed by atoms with Crippen LogP contribution in [-0.4, -0.2) is 41.7 Å². The predicted octanol–water partition coefficient (Wildman–Crippen LogP) is 3.56. The molecule has 8 nitrogen and oxygen atoms in total. The number of hydrogen-bond donors (Lipinski definition) is 2. The number of fused-ring (bicyclic) bond motifs is 1. The molecule has 3 rings (SSSR count). The van der Waals surface area contributed by atoms with E-state index >= 15 is 0 Å². The second-order valence-corrected chi connectivity index (χ2v) is 5.85. The summed E-state index contributed by atoms with van der Waals surface area (Å²) in [6.45, 7) is 0.995. The van der Waals surface area contributed by atoms with Gasteiger partial charge in [0, 0.05) is 0 Å². The Labute approximate surface area is 168 Å². The number of ether oxygens (including phenoxy) is 2. The molecule has 3 aromatic rings. The summed E-state index contributed by atoms with van der Waals surface area (Å²) in [7, 11) is 1.16. The van der Waals surface area contributed by atoms with Gasteiger partial charge in [-0.2, -0.15) is 0 Å². The largest absolute Gasteiger partial charge is 0.507 e. The molecule has 0 radical (unpaired) electrons. The van der Waals surface area contributed by atoms with Gasteiger partial charge in [-0.25, -0.2) is 18.4 Å². The standard InChI is InChI=1S/C12H9FO5.C8H7FO3/c1-6(14)5-17-10-8-4-7(13)2-3-9(8)18-11(10)12(15)16;1-12-8(11)6-4-5(9)2-3-7(6)10/h2-4H,5H2,1H3,(H,15,16);2-4,10H,1H3. The molecule has 10 heteroatoms. The molecule has 2 aromatic carbocycles. The highest BCUT2D eigenvalue weighted by Gasteiger charge is 2.22. The summed E-state index contributed by atoms with van der Waals surface area (Å²) in [6, 6.07) is 6.62. The van der Waals surface area contributed by atoms with Crippen molar-refractivity contribution in [2.75, 3.05) is 13.7 Å². The number of phenolic OH excluding ortho intramolecular Hbond substituents is 1. The van der Waals surface area contributed by atoms with E-state index in [1.54, 1.807) is 0 Å². The third-order valence-corrected chi connectivity index (χ3v) is 3.58. The number of benzene rings is 2. The summed E-state index contributed by atoms with van der Waals surface area (Å²) in [6.07, 6.45) is 0. The molecule has 0 saturated carbocycles. The first-order chi connectivity index (χ1) is 14.1. The topological polar surface area (TPSA) is 123 Å². The van der Waals surface area contributed by atoms with E-state index in [9.17, 15) is 23.2 Å². The fourth-order valence-electron chi connectivity index (χ4n) is 2.29. The molecular formula is C20H16F2O8. The molecule has 0 fully saturated rings. The first-order valence-corrected chi connectivity index (χ1v) is 8.28. The van der Waals surface area contributed by atoms with Crippen molar-refractivity contribution in [3.8, 4) is 11.5 Å². The summed E-state index contributed by atoms with van der Waals surface area (Å²) < 4.78 is 40.1. The molecule has 0 aliphatic rings. The summed E-state index contributed by atoms with van der Waals surface area (Å²) in [4.78, 5) is 32.7. The molecule has 158 valence electrons. The summed E-state index contributed by atoms with van der Waals surface area (Å²) in [5.41, 5.74) is 0.0184. The van der Waals surface area contributed by atoms with Gasteiger partial charge in [0.2, 0.25) is 0 Å². The van der Waals surface area contributed by atoms with E-state index in [0.717, 1.165) is 37.4 Å².